The Balaban J connectivity index is 1.93. The van der Waals surface area contributed by atoms with Crippen molar-refractivity contribution in [3.05, 3.63) is 0 Å². The van der Waals surface area contributed by atoms with Crippen LogP contribution in [0.4, 0.5) is 0 Å². The first-order valence-corrected chi connectivity index (χ1v) is 10.0. The van der Waals surface area contributed by atoms with E-state index in [2.05, 4.69) is 13.8 Å². The highest BCUT2D eigenvalue weighted by molar-refractivity contribution is 4.90. The summed E-state index contributed by atoms with van der Waals surface area (Å²) in [6.45, 7) is 15.1. The summed E-state index contributed by atoms with van der Waals surface area (Å²) in [5.74, 6) is -0.909. The quantitative estimate of drug-likeness (QED) is 0.669. The number of hydrogen-bond donors (Lipinski definition) is 1. The average molecular weight is 375 g/mol. The van der Waals surface area contributed by atoms with Crippen molar-refractivity contribution in [3.8, 4) is 0 Å². The van der Waals surface area contributed by atoms with Crippen molar-refractivity contribution >= 4 is 0 Å². The minimum absolute atomic E-state index is 0.0154. The largest absolute Gasteiger partial charge is 0.396 e. The molecule has 0 saturated carbocycles. The average Bonchev–Trinajstić information content (AvgIpc) is 3.00. The highest BCUT2D eigenvalue weighted by Crippen LogP contribution is 2.38. The molecule has 154 valence electrons. The highest BCUT2D eigenvalue weighted by atomic mass is 16.8. The second-order valence-electron chi connectivity index (χ2n) is 8.50. The van der Waals surface area contributed by atoms with Gasteiger partial charge in [-0.15, -0.1) is 0 Å². The van der Waals surface area contributed by atoms with Gasteiger partial charge in [0.2, 0.25) is 0 Å². The lowest BCUT2D eigenvalue weighted by Gasteiger charge is -2.29. The van der Waals surface area contributed by atoms with E-state index in [-0.39, 0.29) is 42.9 Å². The van der Waals surface area contributed by atoms with Crippen LogP contribution in [-0.4, -0.2) is 60.9 Å². The van der Waals surface area contributed by atoms with Gasteiger partial charge in [0.15, 0.2) is 11.6 Å². The van der Waals surface area contributed by atoms with Crippen LogP contribution < -0.4 is 0 Å². The molecule has 2 heterocycles. The van der Waals surface area contributed by atoms with E-state index in [9.17, 15) is 5.11 Å². The van der Waals surface area contributed by atoms with Crippen LogP contribution in [0.5, 0.6) is 0 Å². The van der Waals surface area contributed by atoms with E-state index in [4.69, 9.17) is 23.7 Å². The highest BCUT2D eigenvalue weighted by Gasteiger charge is 2.47. The summed E-state index contributed by atoms with van der Waals surface area (Å²) in [5.41, 5.74) is 0. The maximum absolute atomic E-state index is 9.73. The summed E-state index contributed by atoms with van der Waals surface area (Å²) in [5, 5.41) is 9.73. The zero-order valence-corrected chi connectivity index (χ0v) is 17.5. The van der Waals surface area contributed by atoms with E-state index >= 15 is 0 Å². The molecule has 0 aromatic heterocycles. The molecule has 6 nitrogen and oxygen atoms in total. The van der Waals surface area contributed by atoms with Gasteiger partial charge in [0, 0.05) is 18.4 Å². The van der Waals surface area contributed by atoms with Crippen molar-refractivity contribution in [2.24, 2.45) is 11.8 Å². The third-order valence-corrected chi connectivity index (χ3v) is 5.42. The van der Waals surface area contributed by atoms with E-state index in [1.807, 2.05) is 34.6 Å². The molecule has 6 unspecified atom stereocenters. The van der Waals surface area contributed by atoms with Gasteiger partial charge in [0.1, 0.15) is 6.10 Å². The van der Waals surface area contributed by atoms with Gasteiger partial charge in [0.05, 0.1) is 31.5 Å². The van der Waals surface area contributed by atoms with Crippen LogP contribution in [0.15, 0.2) is 0 Å². The first kappa shape index (κ1) is 22.1. The smallest absolute Gasteiger partial charge is 0.163 e. The molecule has 0 radical (unpaired) electrons. The van der Waals surface area contributed by atoms with Crippen molar-refractivity contribution in [2.45, 2.75) is 97.3 Å². The van der Waals surface area contributed by atoms with Crippen LogP contribution in [0.25, 0.3) is 0 Å². The molecule has 0 spiro atoms. The maximum Gasteiger partial charge on any atom is 0.163 e. The summed E-state index contributed by atoms with van der Waals surface area (Å²) < 4.78 is 30.0. The van der Waals surface area contributed by atoms with Crippen molar-refractivity contribution in [1.82, 2.24) is 0 Å². The van der Waals surface area contributed by atoms with E-state index in [1.54, 1.807) is 0 Å². The molecular weight excluding hydrogens is 336 g/mol. The van der Waals surface area contributed by atoms with E-state index in [1.165, 1.54) is 0 Å². The number of ether oxygens (including phenoxy) is 5. The zero-order chi connectivity index (χ0) is 19.5. The molecule has 26 heavy (non-hydrogen) atoms. The molecule has 0 aromatic rings. The van der Waals surface area contributed by atoms with Crippen LogP contribution in [0, 0.1) is 11.8 Å². The summed E-state index contributed by atoms with van der Waals surface area (Å²) >= 11 is 0. The van der Waals surface area contributed by atoms with Gasteiger partial charge in [-0.3, -0.25) is 0 Å². The Hall–Kier alpha value is -0.240. The molecule has 2 aliphatic heterocycles. The molecule has 2 saturated heterocycles. The monoisotopic (exact) mass is 374 g/mol. The fourth-order valence-corrected chi connectivity index (χ4v) is 3.97. The maximum atomic E-state index is 9.73. The molecule has 0 aromatic carbocycles. The predicted molar refractivity (Wildman–Crippen MR) is 98.8 cm³/mol. The minimum Gasteiger partial charge on any atom is -0.396 e. The van der Waals surface area contributed by atoms with Crippen LogP contribution in [0.1, 0.15) is 61.3 Å². The predicted octanol–water partition coefficient (Wildman–Crippen LogP) is 3.11. The van der Waals surface area contributed by atoms with Crippen molar-refractivity contribution in [1.29, 1.82) is 0 Å². The lowest BCUT2D eigenvalue weighted by Crippen LogP contribution is -2.40. The molecular formula is C20H38O6. The normalized spacial score (nSPS) is 35.5. The number of hydrogen-bond acceptors (Lipinski definition) is 6. The van der Waals surface area contributed by atoms with E-state index in [0.717, 1.165) is 12.8 Å². The summed E-state index contributed by atoms with van der Waals surface area (Å²) in [6.07, 6.45) is 1.54. The molecule has 6 atom stereocenters. The lowest BCUT2D eigenvalue weighted by molar-refractivity contribution is -0.159. The van der Waals surface area contributed by atoms with Crippen molar-refractivity contribution in [3.63, 3.8) is 0 Å². The first-order chi connectivity index (χ1) is 12.1. The summed E-state index contributed by atoms with van der Waals surface area (Å²) in [6, 6.07) is 0. The molecule has 2 fully saturated rings. The number of aliphatic hydroxyl groups excluding tert-OH is 1. The Bertz CT molecular complexity index is 434. The summed E-state index contributed by atoms with van der Waals surface area (Å²) in [4.78, 5) is 0. The lowest BCUT2D eigenvalue weighted by atomic mass is 9.88. The molecule has 2 rings (SSSR count). The third kappa shape index (κ3) is 5.40. The Labute approximate surface area is 158 Å². The first-order valence-electron chi connectivity index (χ1n) is 10.0. The molecule has 0 bridgehead atoms. The number of rotatable bonds is 9. The standard InChI is InChI=1S/C20H38O6/c1-8-14(10-21)17-18(26-20(6,7)25-17)15(9-2)11-22-12-16-13(3)23-19(4,5)24-16/h13-18,21H,8-12H2,1-7H3. The van der Waals surface area contributed by atoms with Gasteiger partial charge in [-0.05, 0) is 47.5 Å². The van der Waals surface area contributed by atoms with E-state index in [0.29, 0.717) is 13.2 Å². The zero-order valence-electron chi connectivity index (χ0n) is 17.5. The van der Waals surface area contributed by atoms with Crippen LogP contribution in [0.3, 0.4) is 0 Å². The van der Waals surface area contributed by atoms with Crippen LogP contribution in [0.2, 0.25) is 0 Å². The van der Waals surface area contributed by atoms with Crippen molar-refractivity contribution in [2.75, 3.05) is 19.8 Å². The minimum atomic E-state index is -0.633. The van der Waals surface area contributed by atoms with Crippen LogP contribution in [-0.2, 0) is 23.7 Å². The fraction of sp³-hybridized carbons (Fsp3) is 1.00. The Kier molecular flexibility index (Phi) is 7.50. The topological polar surface area (TPSA) is 66.4 Å². The fourth-order valence-electron chi connectivity index (χ4n) is 3.97. The van der Waals surface area contributed by atoms with Gasteiger partial charge in [0.25, 0.3) is 0 Å². The van der Waals surface area contributed by atoms with E-state index < -0.39 is 11.6 Å². The van der Waals surface area contributed by atoms with Gasteiger partial charge in [-0.2, -0.15) is 0 Å². The molecule has 2 aliphatic rings. The molecule has 0 amide bonds. The third-order valence-electron chi connectivity index (χ3n) is 5.42. The SMILES string of the molecule is CCC(CO)C1OC(C)(C)OC1C(CC)COCC1OC(C)(C)OC1C. The van der Waals surface area contributed by atoms with Crippen molar-refractivity contribution < 1.29 is 28.8 Å². The number of aliphatic hydroxyl groups is 1. The molecule has 6 heteroatoms. The molecule has 0 aliphatic carbocycles. The second kappa shape index (κ2) is 8.84. The van der Waals surface area contributed by atoms with Gasteiger partial charge >= 0.3 is 0 Å². The van der Waals surface area contributed by atoms with Gasteiger partial charge in [-0.1, -0.05) is 13.8 Å². The van der Waals surface area contributed by atoms with Crippen LogP contribution >= 0.6 is 0 Å². The second-order valence-corrected chi connectivity index (χ2v) is 8.50. The van der Waals surface area contributed by atoms with Gasteiger partial charge in [-0.25, -0.2) is 0 Å². The summed E-state index contributed by atoms with van der Waals surface area (Å²) in [7, 11) is 0. The Morgan fingerprint density at radius 2 is 1.42 bits per heavy atom. The van der Waals surface area contributed by atoms with Gasteiger partial charge < -0.3 is 28.8 Å². The molecule has 1 N–H and O–H groups in total. The Morgan fingerprint density at radius 1 is 0.885 bits per heavy atom. The Morgan fingerprint density at radius 3 is 1.88 bits per heavy atom.